The fourth-order valence-electron chi connectivity index (χ4n) is 3.81. The number of hydrogen-bond acceptors (Lipinski definition) is 5. The Labute approximate surface area is 190 Å². The minimum absolute atomic E-state index is 0.214. The molecular formula is C21H23F3N6O2S. The van der Waals surface area contributed by atoms with Crippen molar-refractivity contribution in [3.8, 4) is 0 Å². The molecule has 0 bridgehead atoms. The van der Waals surface area contributed by atoms with Crippen LogP contribution in [0.3, 0.4) is 0 Å². The number of hydrogen-bond donors (Lipinski definition) is 0. The SMILES string of the molecule is CCCn1c(SCCCn2c(=O)c3c(ncn3C)n(C)c2=O)nc2ccc(C(F)(F)F)cc21. The van der Waals surface area contributed by atoms with Crippen LogP contribution in [-0.4, -0.2) is 34.0 Å². The Kier molecular flexibility index (Phi) is 6.12. The summed E-state index contributed by atoms with van der Waals surface area (Å²) in [5, 5.41) is 0.619. The van der Waals surface area contributed by atoms with Crippen LogP contribution in [0.4, 0.5) is 13.2 Å². The van der Waals surface area contributed by atoms with Crippen molar-refractivity contribution < 1.29 is 13.2 Å². The van der Waals surface area contributed by atoms with Gasteiger partial charge in [-0.2, -0.15) is 13.2 Å². The van der Waals surface area contributed by atoms with Gasteiger partial charge in [-0.3, -0.25) is 13.9 Å². The number of thioether (sulfide) groups is 1. The normalized spacial score (nSPS) is 12.3. The van der Waals surface area contributed by atoms with Gasteiger partial charge in [-0.05, 0) is 31.0 Å². The molecule has 0 amide bonds. The van der Waals surface area contributed by atoms with Gasteiger partial charge in [0.25, 0.3) is 5.56 Å². The van der Waals surface area contributed by atoms with Crippen LogP contribution in [0.25, 0.3) is 22.2 Å². The Morgan fingerprint density at radius 2 is 1.85 bits per heavy atom. The lowest BCUT2D eigenvalue weighted by Crippen LogP contribution is -2.39. The first-order chi connectivity index (χ1) is 15.6. The molecule has 0 aliphatic rings. The standard InChI is InChI=1S/C21H23F3N6O2S/c1-4-8-29-15-11-13(21(22,23)24)6-7-14(15)26-19(29)33-10-5-9-30-18(31)16-17(25-12-27(16)2)28(3)20(30)32/h6-7,11-12H,4-5,8-10H2,1-3H3. The van der Waals surface area contributed by atoms with Crippen LogP contribution in [-0.2, 0) is 33.4 Å². The van der Waals surface area contributed by atoms with E-state index in [-0.39, 0.29) is 6.54 Å². The van der Waals surface area contributed by atoms with E-state index in [1.54, 1.807) is 23.2 Å². The molecule has 0 unspecified atom stereocenters. The minimum Gasteiger partial charge on any atom is -0.328 e. The Bertz CT molecular complexity index is 1450. The van der Waals surface area contributed by atoms with E-state index in [0.717, 1.165) is 18.6 Å². The molecule has 4 rings (SSSR count). The van der Waals surface area contributed by atoms with Gasteiger partial charge in [0.05, 0.1) is 22.9 Å². The first kappa shape index (κ1) is 23.1. The molecule has 1 aromatic carbocycles. The smallest absolute Gasteiger partial charge is 0.328 e. The Hall–Kier alpha value is -3.02. The number of imidazole rings is 2. The van der Waals surface area contributed by atoms with E-state index < -0.39 is 23.0 Å². The zero-order valence-corrected chi connectivity index (χ0v) is 19.2. The summed E-state index contributed by atoms with van der Waals surface area (Å²) < 4.78 is 45.4. The maximum absolute atomic E-state index is 13.1. The number of rotatable bonds is 7. The lowest BCUT2D eigenvalue weighted by Gasteiger charge is -2.10. The van der Waals surface area contributed by atoms with Crippen molar-refractivity contribution in [2.45, 2.75) is 44.2 Å². The van der Waals surface area contributed by atoms with Crippen LogP contribution < -0.4 is 11.2 Å². The summed E-state index contributed by atoms with van der Waals surface area (Å²) in [6, 6.07) is 3.56. The molecule has 12 heteroatoms. The maximum Gasteiger partial charge on any atom is 0.416 e. The average molecular weight is 481 g/mol. The van der Waals surface area contributed by atoms with Crippen LogP contribution >= 0.6 is 11.8 Å². The lowest BCUT2D eigenvalue weighted by molar-refractivity contribution is -0.137. The van der Waals surface area contributed by atoms with E-state index in [0.29, 0.717) is 46.1 Å². The molecule has 0 aliphatic carbocycles. The molecule has 3 aromatic heterocycles. The Balaban J connectivity index is 1.55. The van der Waals surface area contributed by atoms with Gasteiger partial charge in [0.15, 0.2) is 16.3 Å². The van der Waals surface area contributed by atoms with Crippen molar-refractivity contribution in [2.24, 2.45) is 14.1 Å². The molecule has 0 saturated heterocycles. The molecule has 176 valence electrons. The van der Waals surface area contributed by atoms with E-state index in [1.807, 2.05) is 6.92 Å². The molecule has 8 nitrogen and oxygen atoms in total. The molecule has 0 fully saturated rings. The third-order valence-electron chi connectivity index (χ3n) is 5.45. The van der Waals surface area contributed by atoms with Gasteiger partial charge >= 0.3 is 11.9 Å². The van der Waals surface area contributed by atoms with Crippen LogP contribution in [0.2, 0.25) is 0 Å². The summed E-state index contributed by atoms with van der Waals surface area (Å²) in [7, 11) is 3.27. The predicted molar refractivity (Wildman–Crippen MR) is 121 cm³/mol. The van der Waals surface area contributed by atoms with Crippen LogP contribution in [0.1, 0.15) is 25.3 Å². The second-order valence-electron chi connectivity index (χ2n) is 7.78. The third-order valence-corrected chi connectivity index (χ3v) is 6.51. The van der Waals surface area contributed by atoms with Gasteiger partial charge in [-0.25, -0.2) is 14.8 Å². The number of fused-ring (bicyclic) bond motifs is 2. The summed E-state index contributed by atoms with van der Waals surface area (Å²) in [5.41, 5.74) is 0.112. The molecule has 0 radical (unpaired) electrons. The van der Waals surface area contributed by atoms with Crippen LogP contribution in [0.5, 0.6) is 0 Å². The third kappa shape index (κ3) is 4.19. The monoisotopic (exact) mass is 480 g/mol. The van der Waals surface area contributed by atoms with Crippen molar-refractivity contribution in [2.75, 3.05) is 5.75 Å². The molecular weight excluding hydrogens is 457 g/mol. The summed E-state index contributed by atoms with van der Waals surface area (Å²) in [4.78, 5) is 34.0. The van der Waals surface area contributed by atoms with Crippen molar-refractivity contribution in [3.05, 3.63) is 50.9 Å². The number of aromatic nitrogens is 6. The van der Waals surface area contributed by atoms with E-state index in [4.69, 9.17) is 0 Å². The fraction of sp³-hybridized carbons (Fsp3) is 0.429. The zero-order valence-electron chi connectivity index (χ0n) is 18.4. The van der Waals surface area contributed by atoms with Crippen molar-refractivity contribution in [1.29, 1.82) is 0 Å². The van der Waals surface area contributed by atoms with E-state index in [2.05, 4.69) is 9.97 Å². The quantitative estimate of drug-likeness (QED) is 0.299. The molecule has 0 aliphatic heterocycles. The number of aryl methyl sites for hydroxylation is 3. The number of alkyl halides is 3. The molecule has 0 atom stereocenters. The van der Waals surface area contributed by atoms with Gasteiger partial charge in [0, 0.05) is 32.9 Å². The highest BCUT2D eigenvalue weighted by molar-refractivity contribution is 7.99. The van der Waals surface area contributed by atoms with E-state index in [9.17, 15) is 22.8 Å². The summed E-state index contributed by atoms with van der Waals surface area (Å²) in [6.45, 7) is 2.70. The first-order valence-electron chi connectivity index (χ1n) is 10.4. The Morgan fingerprint density at radius 1 is 1.09 bits per heavy atom. The fourth-order valence-corrected chi connectivity index (χ4v) is 4.77. The van der Waals surface area contributed by atoms with Gasteiger partial charge < -0.3 is 9.13 Å². The number of halogens is 3. The summed E-state index contributed by atoms with van der Waals surface area (Å²) >= 11 is 1.40. The summed E-state index contributed by atoms with van der Waals surface area (Å²) in [5.74, 6) is 0.540. The minimum atomic E-state index is -4.42. The highest BCUT2D eigenvalue weighted by Crippen LogP contribution is 2.33. The van der Waals surface area contributed by atoms with Gasteiger partial charge in [0.2, 0.25) is 0 Å². The van der Waals surface area contributed by atoms with Crippen molar-refractivity contribution >= 4 is 34.0 Å². The average Bonchev–Trinajstić information content (AvgIpc) is 3.31. The predicted octanol–water partition coefficient (Wildman–Crippen LogP) is 3.39. The van der Waals surface area contributed by atoms with Gasteiger partial charge in [-0.15, -0.1) is 0 Å². The highest BCUT2D eigenvalue weighted by Gasteiger charge is 2.31. The molecule has 4 aromatic rings. The molecule has 3 heterocycles. The topological polar surface area (TPSA) is 79.6 Å². The second-order valence-corrected chi connectivity index (χ2v) is 8.84. The van der Waals surface area contributed by atoms with Crippen molar-refractivity contribution in [1.82, 2.24) is 28.2 Å². The van der Waals surface area contributed by atoms with Crippen LogP contribution in [0.15, 0.2) is 39.3 Å². The Morgan fingerprint density at radius 3 is 2.55 bits per heavy atom. The second kappa shape index (κ2) is 8.73. The molecule has 0 saturated carbocycles. The zero-order chi connectivity index (χ0) is 23.9. The number of benzene rings is 1. The summed E-state index contributed by atoms with van der Waals surface area (Å²) in [6.07, 6.45) is -1.68. The van der Waals surface area contributed by atoms with E-state index in [1.165, 1.54) is 33.3 Å². The first-order valence-corrected chi connectivity index (χ1v) is 11.4. The van der Waals surface area contributed by atoms with E-state index >= 15 is 0 Å². The van der Waals surface area contributed by atoms with Crippen molar-refractivity contribution in [3.63, 3.8) is 0 Å². The molecule has 0 spiro atoms. The van der Waals surface area contributed by atoms with Gasteiger partial charge in [-0.1, -0.05) is 18.7 Å². The van der Waals surface area contributed by atoms with Gasteiger partial charge in [0.1, 0.15) is 0 Å². The van der Waals surface area contributed by atoms with Crippen LogP contribution in [0, 0.1) is 0 Å². The molecule has 33 heavy (non-hydrogen) atoms. The maximum atomic E-state index is 13.1. The number of nitrogens with zero attached hydrogens (tertiary/aromatic N) is 6. The molecule has 0 N–H and O–H groups in total. The lowest BCUT2D eigenvalue weighted by atomic mass is 10.2. The highest BCUT2D eigenvalue weighted by atomic mass is 32.2. The largest absolute Gasteiger partial charge is 0.416 e.